The zero-order valence-electron chi connectivity index (χ0n) is 16.6. The molecule has 31 heavy (non-hydrogen) atoms. The van der Waals surface area contributed by atoms with Crippen LogP contribution in [-0.2, 0) is 9.59 Å². The number of hydrogen-bond donors (Lipinski definition) is 5. The van der Waals surface area contributed by atoms with Gasteiger partial charge in [0.15, 0.2) is 5.65 Å². The van der Waals surface area contributed by atoms with Crippen LogP contribution in [0.1, 0.15) is 44.1 Å². The molecule has 0 spiro atoms. The van der Waals surface area contributed by atoms with Crippen LogP contribution in [-0.4, -0.2) is 54.7 Å². The van der Waals surface area contributed by atoms with E-state index in [2.05, 4.69) is 36.3 Å². The summed E-state index contributed by atoms with van der Waals surface area (Å²) in [4.78, 5) is 43.6. The number of carbonyl (C=O) groups excluding carboxylic acids is 2. The molecule has 5 rings (SSSR count). The summed E-state index contributed by atoms with van der Waals surface area (Å²) in [6, 6.07) is -0.155. The second-order valence-electron chi connectivity index (χ2n) is 8.12. The quantitative estimate of drug-likeness (QED) is 0.334. The zero-order valence-corrected chi connectivity index (χ0v) is 16.6. The fourth-order valence-electron chi connectivity index (χ4n) is 3.87. The van der Waals surface area contributed by atoms with Gasteiger partial charge in [-0.05, 0) is 44.6 Å². The standard InChI is InChI=1S/C19H22N8O4/c28-15-13(23-19(31)25-15)7-10-8-20-27-14(10)24-17(26-18(27)22-12-5-6-12)21-11-3-1-9(2-4-11)16(29)30/h7-9,11-12H,1-6H2,(H,29,30)(H2,21,22,24,26)(H2,23,25,28,31). The second kappa shape index (κ2) is 7.52. The Labute approximate surface area is 176 Å². The van der Waals surface area contributed by atoms with E-state index in [1.54, 1.807) is 10.7 Å². The predicted octanol–water partition coefficient (Wildman–Crippen LogP) is 0.934. The van der Waals surface area contributed by atoms with E-state index < -0.39 is 17.9 Å². The lowest BCUT2D eigenvalue weighted by Crippen LogP contribution is -2.30. The molecule has 0 radical (unpaired) electrons. The van der Waals surface area contributed by atoms with E-state index in [0.717, 1.165) is 25.7 Å². The molecule has 2 aromatic rings. The third-order valence-electron chi connectivity index (χ3n) is 5.74. The summed E-state index contributed by atoms with van der Waals surface area (Å²) in [6.07, 6.45) is 7.86. The van der Waals surface area contributed by atoms with Crippen LogP contribution in [0.4, 0.5) is 16.7 Å². The Morgan fingerprint density at radius 2 is 1.77 bits per heavy atom. The van der Waals surface area contributed by atoms with Gasteiger partial charge < -0.3 is 21.1 Å². The van der Waals surface area contributed by atoms with E-state index in [9.17, 15) is 19.5 Å². The van der Waals surface area contributed by atoms with Crippen molar-refractivity contribution < 1.29 is 19.5 Å². The maximum atomic E-state index is 11.9. The van der Waals surface area contributed by atoms with Crippen molar-refractivity contribution in [3.8, 4) is 0 Å². The minimum absolute atomic E-state index is 0.0800. The molecular formula is C19H22N8O4. The van der Waals surface area contributed by atoms with Gasteiger partial charge in [-0.15, -0.1) is 0 Å². The number of amides is 3. The first-order chi connectivity index (χ1) is 15.0. The van der Waals surface area contributed by atoms with Gasteiger partial charge in [-0.3, -0.25) is 14.9 Å². The maximum Gasteiger partial charge on any atom is 0.326 e. The molecule has 162 valence electrons. The number of imide groups is 1. The Morgan fingerprint density at radius 1 is 1.06 bits per heavy atom. The Morgan fingerprint density at radius 3 is 2.42 bits per heavy atom. The number of carbonyl (C=O) groups is 3. The first-order valence-electron chi connectivity index (χ1n) is 10.3. The van der Waals surface area contributed by atoms with Crippen LogP contribution in [0.3, 0.4) is 0 Å². The van der Waals surface area contributed by atoms with E-state index in [0.29, 0.717) is 42.0 Å². The molecule has 3 amide bonds. The van der Waals surface area contributed by atoms with E-state index >= 15 is 0 Å². The Balaban J connectivity index is 1.44. The largest absolute Gasteiger partial charge is 0.481 e. The van der Waals surface area contributed by atoms with Gasteiger partial charge >= 0.3 is 12.0 Å². The molecule has 3 fully saturated rings. The van der Waals surface area contributed by atoms with Crippen molar-refractivity contribution in [2.75, 3.05) is 10.6 Å². The van der Waals surface area contributed by atoms with Crippen molar-refractivity contribution in [1.82, 2.24) is 30.2 Å². The lowest BCUT2D eigenvalue weighted by Gasteiger charge is -2.26. The smallest absolute Gasteiger partial charge is 0.326 e. The van der Waals surface area contributed by atoms with E-state index in [1.807, 2.05) is 0 Å². The summed E-state index contributed by atoms with van der Waals surface area (Å²) in [5.74, 6) is -0.599. The van der Waals surface area contributed by atoms with Gasteiger partial charge in [0.05, 0.1) is 12.1 Å². The topological polar surface area (TPSA) is 163 Å². The van der Waals surface area contributed by atoms with Gasteiger partial charge in [0.1, 0.15) is 5.70 Å². The predicted molar refractivity (Wildman–Crippen MR) is 109 cm³/mol. The van der Waals surface area contributed by atoms with Gasteiger partial charge in [-0.2, -0.15) is 19.6 Å². The number of nitrogens with one attached hydrogen (secondary N) is 4. The number of carboxylic acids is 1. The van der Waals surface area contributed by atoms with Gasteiger partial charge in [-0.25, -0.2) is 4.79 Å². The number of urea groups is 1. The highest BCUT2D eigenvalue weighted by Crippen LogP contribution is 2.28. The number of aromatic nitrogens is 4. The molecule has 2 saturated carbocycles. The molecule has 3 aliphatic rings. The van der Waals surface area contributed by atoms with Crippen molar-refractivity contribution in [3.63, 3.8) is 0 Å². The first-order valence-corrected chi connectivity index (χ1v) is 10.3. The molecule has 0 aromatic carbocycles. The molecule has 3 heterocycles. The molecule has 12 nitrogen and oxygen atoms in total. The minimum atomic E-state index is -0.744. The van der Waals surface area contributed by atoms with Crippen LogP contribution < -0.4 is 21.3 Å². The van der Waals surface area contributed by atoms with Crippen molar-refractivity contribution in [2.45, 2.75) is 50.6 Å². The molecule has 2 aliphatic carbocycles. The average Bonchev–Trinajstić information content (AvgIpc) is 3.37. The highest BCUT2D eigenvalue weighted by Gasteiger charge is 2.28. The Kier molecular flexibility index (Phi) is 4.68. The Bertz CT molecular complexity index is 1100. The summed E-state index contributed by atoms with van der Waals surface area (Å²) in [5, 5.41) is 24.8. The number of carboxylic acid groups (broad SMARTS) is 1. The molecule has 0 bridgehead atoms. The zero-order chi connectivity index (χ0) is 21.5. The molecule has 5 N–H and O–H groups in total. The van der Waals surface area contributed by atoms with Crippen molar-refractivity contribution in [2.24, 2.45) is 5.92 Å². The number of fused-ring (bicyclic) bond motifs is 1. The molecule has 0 unspecified atom stereocenters. The molecule has 1 saturated heterocycles. The summed E-state index contributed by atoms with van der Waals surface area (Å²) in [6.45, 7) is 0. The Hall–Kier alpha value is -3.70. The van der Waals surface area contributed by atoms with E-state index in [-0.39, 0.29) is 17.7 Å². The van der Waals surface area contributed by atoms with E-state index in [4.69, 9.17) is 0 Å². The second-order valence-corrected chi connectivity index (χ2v) is 8.12. The van der Waals surface area contributed by atoms with Gasteiger partial charge in [-0.1, -0.05) is 0 Å². The molecule has 0 atom stereocenters. The number of anilines is 2. The minimum Gasteiger partial charge on any atom is -0.481 e. The van der Waals surface area contributed by atoms with Crippen LogP contribution in [0.2, 0.25) is 0 Å². The highest BCUT2D eigenvalue weighted by molar-refractivity contribution is 6.14. The van der Waals surface area contributed by atoms with Gasteiger partial charge in [0.25, 0.3) is 5.91 Å². The maximum absolute atomic E-state index is 11.9. The summed E-state index contributed by atoms with van der Waals surface area (Å²) in [7, 11) is 0. The summed E-state index contributed by atoms with van der Waals surface area (Å²) in [5.41, 5.74) is 1.17. The summed E-state index contributed by atoms with van der Waals surface area (Å²) >= 11 is 0. The van der Waals surface area contributed by atoms with Gasteiger partial charge in [0.2, 0.25) is 11.9 Å². The lowest BCUT2D eigenvalue weighted by molar-refractivity contribution is -0.142. The third-order valence-corrected chi connectivity index (χ3v) is 5.74. The first kappa shape index (κ1) is 19.3. The van der Waals surface area contributed by atoms with Gasteiger partial charge in [0, 0.05) is 17.6 Å². The summed E-state index contributed by atoms with van der Waals surface area (Å²) < 4.78 is 1.58. The highest BCUT2D eigenvalue weighted by atomic mass is 16.4. The number of nitrogens with zero attached hydrogens (tertiary/aromatic N) is 4. The third kappa shape index (κ3) is 4.00. The van der Waals surface area contributed by atoms with Crippen LogP contribution in [0.25, 0.3) is 11.7 Å². The van der Waals surface area contributed by atoms with Crippen LogP contribution in [0, 0.1) is 5.92 Å². The monoisotopic (exact) mass is 426 g/mol. The normalized spacial score (nSPS) is 24.8. The molecular weight excluding hydrogens is 404 g/mol. The van der Waals surface area contributed by atoms with Crippen molar-refractivity contribution in [1.29, 1.82) is 0 Å². The molecule has 1 aliphatic heterocycles. The number of rotatable bonds is 6. The van der Waals surface area contributed by atoms with Crippen LogP contribution >= 0.6 is 0 Å². The van der Waals surface area contributed by atoms with E-state index in [1.165, 1.54) is 6.08 Å². The average molecular weight is 426 g/mol. The molecule has 12 heteroatoms. The van der Waals surface area contributed by atoms with Crippen LogP contribution in [0.5, 0.6) is 0 Å². The number of aliphatic carboxylic acids is 1. The SMILES string of the molecule is O=C1NC(=O)C(=Cc2cnn3c(NC4CC4)nc(NC4CCC(C(=O)O)CC4)nc23)N1. The lowest BCUT2D eigenvalue weighted by atomic mass is 9.86. The fourth-order valence-corrected chi connectivity index (χ4v) is 3.87. The van der Waals surface area contributed by atoms with Crippen LogP contribution in [0.15, 0.2) is 11.9 Å². The van der Waals surface area contributed by atoms with Crippen molar-refractivity contribution >= 4 is 41.5 Å². The fraction of sp³-hybridized carbons (Fsp3) is 0.474. The van der Waals surface area contributed by atoms with Crippen molar-refractivity contribution in [3.05, 3.63) is 17.5 Å². The number of hydrogen-bond acceptors (Lipinski definition) is 8. The molecule has 2 aromatic heterocycles.